The van der Waals surface area contributed by atoms with E-state index in [1.165, 1.54) is 44.5 Å². The average Bonchev–Trinajstić information content (AvgIpc) is 2.77. The molecule has 0 aliphatic heterocycles. The van der Waals surface area contributed by atoms with Crippen LogP contribution in [0.25, 0.3) is 28.1 Å². The summed E-state index contributed by atoms with van der Waals surface area (Å²) in [6.45, 7) is 6.06. The molecule has 142 valence electrons. The van der Waals surface area contributed by atoms with E-state index in [-0.39, 0.29) is 0 Å². The highest BCUT2D eigenvalue weighted by atomic mass is 14.7. The molecular weight excluding hydrogens is 350 g/mol. The smallest absolute Gasteiger partial charge is 0.0750 e. The van der Waals surface area contributed by atoms with Gasteiger partial charge in [-0.05, 0) is 66.0 Å². The van der Waals surface area contributed by atoms with Crippen LogP contribution in [0.15, 0.2) is 79.4 Å². The van der Waals surface area contributed by atoms with Crippen LogP contribution in [0.3, 0.4) is 0 Å². The van der Waals surface area contributed by atoms with E-state index in [0.717, 1.165) is 37.1 Å². The number of hydrogen-bond donors (Lipinski definition) is 0. The average molecular weight is 376 g/mol. The summed E-state index contributed by atoms with van der Waals surface area (Å²) in [5.41, 5.74) is 13.1. The van der Waals surface area contributed by atoms with Crippen LogP contribution in [0, 0.1) is 0 Å². The number of pyridine rings is 1. The molecule has 0 atom stereocenters. The van der Waals surface area contributed by atoms with Crippen LogP contribution in [0.5, 0.6) is 0 Å². The second-order valence-corrected chi connectivity index (χ2v) is 7.81. The minimum absolute atomic E-state index is 1.04. The fraction of sp³-hybridized carbons (Fsp3) is 0.179. The zero-order valence-corrected chi connectivity index (χ0v) is 16.9. The highest BCUT2D eigenvalue weighted by Crippen LogP contribution is 2.44. The summed E-state index contributed by atoms with van der Waals surface area (Å²) in [5, 5.41) is 0. The maximum Gasteiger partial charge on any atom is 0.0750 e. The Kier molecular flexibility index (Phi) is 4.52. The highest BCUT2D eigenvalue weighted by molar-refractivity contribution is 5.89. The van der Waals surface area contributed by atoms with Gasteiger partial charge in [-0.2, -0.15) is 0 Å². The van der Waals surface area contributed by atoms with Crippen molar-refractivity contribution in [2.75, 3.05) is 0 Å². The number of nitrogens with zero attached hydrogens (tertiary/aromatic N) is 1. The molecule has 2 aromatic carbocycles. The van der Waals surface area contributed by atoms with Crippen molar-refractivity contribution in [1.29, 1.82) is 0 Å². The van der Waals surface area contributed by atoms with Crippen molar-refractivity contribution in [1.82, 2.24) is 4.98 Å². The summed E-state index contributed by atoms with van der Waals surface area (Å²) >= 11 is 0. The van der Waals surface area contributed by atoms with Crippen LogP contribution in [-0.4, -0.2) is 4.98 Å². The zero-order valence-electron chi connectivity index (χ0n) is 16.9. The van der Waals surface area contributed by atoms with Crippen molar-refractivity contribution in [3.8, 4) is 22.5 Å². The maximum absolute atomic E-state index is 5.32. The second-order valence-electron chi connectivity index (χ2n) is 7.81. The minimum Gasteiger partial charge on any atom is -0.247 e. The lowest BCUT2D eigenvalue weighted by Crippen LogP contribution is -2.16. The molecule has 0 amide bonds. The Bertz CT molecular complexity index is 1100. The van der Waals surface area contributed by atoms with Crippen LogP contribution in [0.1, 0.15) is 34.7 Å². The van der Waals surface area contributed by atoms with Crippen molar-refractivity contribution in [3.63, 3.8) is 0 Å². The third-order valence-electron chi connectivity index (χ3n) is 6.16. The predicted octanol–water partition coefficient (Wildman–Crippen LogP) is 6.76. The van der Waals surface area contributed by atoms with Crippen LogP contribution in [-0.2, 0) is 25.7 Å². The van der Waals surface area contributed by atoms with E-state index in [1.807, 2.05) is 6.08 Å². The molecule has 0 saturated heterocycles. The fourth-order valence-corrected chi connectivity index (χ4v) is 4.93. The van der Waals surface area contributed by atoms with Crippen molar-refractivity contribution in [3.05, 3.63) is 107 Å². The van der Waals surface area contributed by atoms with Gasteiger partial charge in [-0.3, -0.25) is 0 Å². The Morgan fingerprint density at radius 2 is 1.38 bits per heavy atom. The maximum atomic E-state index is 5.32. The normalized spacial score (nSPS) is 14.7. The Labute approximate surface area is 173 Å². The lowest BCUT2D eigenvalue weighted by atomic mass is 9.78. The molecule has 1 nitrogen and oxygen atoms in total. The monoisotopic (exact) mass is 375 g/mol. The molecule has 1 heteroatoms. The molecule has 0 fully saturated rings. The molecule has 1 aromatic heterocycles. The number of allylic oxidation sites excluding steroid dienone is 5. The van der Waals surface area contributed by atoms with E-state index in [9.17, 15) is 0 Å². The molecule has 29 heavy (non-hydrogen) atoms. The van der Waals surface area contributed by atoms with Gasteiger partial charge in [-0.15, -0.1) is 0 Å². The van der Waals surface area contributed by atoms with Gasteiger partial charge in [0.1, 0.15) is 0 Å². The topological polar surface area (TPSA) is 12.9 Å². The largest absolute Gasteiger partial charge is 0.247 e. The summed E-state index contributed by atoms with van der Waals surface area (Å²) in [6.07, 6.45) is 12.6. The molecule has 0 spiro atoms. The number of fused-ring (bicyclic) bond motifs is 6. The summed E-state index contributed by atoms with van der Waals surface area (Å²) in [5.74, 6) is 0. The van der Waals surface area contributed by atoms with Gasteiger partial charge in [0.25, 0.3) is 0 Å². The van der Waals surface area contributed by atoms with Crippen molar-refractivity contribution >= 4 is 5.57 Å². The lowest BCUT2D eigenvalue weighted by molar-refractivity contribution is 0.882. The molecule has 5 rings (SSSR count). The Morgan fingerprint density at radius 3 is 1.90 bits per heavy atom. The SMILES string of the molecule is C=C/C=C(\C=C/C)c1c2c(nc3c1CCc1ccccc1-3)-c1ccccc1CC2. The van der Waals surface area contributed by atoms with E-state index in [4.69, 9.17) is 4.98 Å². The fourth-order valence-electron chi connectivity index (χ4n) is 4.93. The third kappa shape index (κ3) is 2.89. The van der Waals surface area contributed by atoms with E-state index in [0.29, 0.717) is 0 Å². The van der Waals surface area contributed by atoms with Crippen LogP contribution >= 0.6 is 0 Å². The standard InChI is InChI=1S/C28H25N/c1-3-9-21(10-4-2)26-24-17-15-19-11-5-7-13-22(19)27(24)29-28-23-14-8-6-12-20(23)16-18-25(26)28/h3-14H,1,15-18H2,2H3/b10-4-,21-9+. The summed E-state index contributed by atoms with van der Waals surface area (Å²) in [6, 6.07) is 17.5. The molecule has 0 saturated carbocycles. The molecule has 3 aromatic rings. The first-order valence-corrected chi connectivity index (χ1v) is 10.5. The molecule has 2 aliphatic carbocycles. The van der Waals surface area contributed by atoms with Gasteiger partial charge in [-0.25, -0.2) is 4.98 Å². The van der Waals surface area contributed by atoms with E-state index >= 15 is 0 Å². The van der Waals surface area contributed by atoms with Crippen molar-refractivity contribution in [2.45, 2.75) is 32.6 Å². The van der Waals surface area contributed by atoms with Gasteiger partial charge < -0.3 is 0 Å². The molecule has 0 N–H and O–H groups in total. The first-order valence-electron chi connectivity index (χ1n) is 10.5. The second kappa shape index (κ2) is 7.33. The van der Waals surface area contributed by atoms with Crippen LogP contribution in [0.4, 0.5) is 0 Å². The first-order chi connectivity index (χ1) is 14.3. The Morgan fingerprint density at radius 1 is 0.828 bits per heavy atom. The van der Waals surface area contributed by atoms with E-state index in [2.05, 4.69) is 80.3 Å². The quantitative estimate of drug-likeness (QED) is 0.461. The third-order valence-corrected chi connectivity index (χ3v) is 6.16. The molecule has 0 bridgehead atoms. The van der Waals surface area contributed by atoms with Gasteiger partial charge >= 0.3 is 0 Å². The van der Waals surface area contributed by atoms with Crippen molar-refractivity contribution < 1.29 is 0 Å². The number of aryl methyl sites for hydroxylation is 2. The van der Waals surface area contributed by atoms with E-state index < -0.39 is 0 Å². The van der Waals surface area contributed by atoms with Gasteiger partial charge in [0.05, 0.1) is 11.4 Å². The number of benzene rings is 2. The van der Waals surface area contributed by atoms with Gasteiger partial charge in [0.2, 0.25) is 0 Å². The molecule has 0 unspecified atom stereocenters. The lowest BCUT2D eigenvalue weighted by Gasteiger charge is -2.29. The summed E-state index contributed by atoms with van der Waals surface area (Å²) in [4.78, 5) is 5.32. The van der Waals surface area contributed by atoms with Gasteiger partial charge in [0, 0.05) is 11.1 Å². The summed E-state index contributed by atoms with van der Waals surface area (Å²) < 4.78 is 0. The van der Waals surface area contributed by atoms with Crippen LogP contribution in [0.2, 0.25) is 0 Å². The number of aromatic nitrogens is 1. The first kappa shape index (κ1) is 17.9. The minimum atomic E-state index is 1.04. The van der Waals surface area contributed by atoms with Crippen LogP contribution < -0.4 is 0 Å². The van der Waals surface area contributed by atoms with Gasteiger partial charge in [-0.1, -0.05) is 79.4 Å². The Hall–Kier alpha value is -3.19. The predicted molar refractivity (Wildman–Crippen MR) is 123 cm³/mol. The van der Waals surface area contributed by atoms with Crippen molar-refractivity contribution in [2.24, 2.45) is 0 Å². The summed E-state index contributed by atoms with van der Waals surface area (Å²) in [7, 11) is 0. The number of hydrogen-bond acceptors (Lipinski definition) is 1. The van der Waals surface area contributed by atoms with Gasteiger partial charge in [0.15, 0.2) is 0 Å². The zero-order chi connectivity index (χ0) is 19.8. The highest BCUT2D eigenvalue weighted by Gasteiger charge is 2.28. The van der Waals surface area contributed by atoms with E-state index in [1.54, 1.807) is 0 Å². The number of rotatable bonds is 3. The molecular formula is C28H25N. The molecule has 2 aliphatic rings. The molecule has 1 heterocycles. The molecule has 0 radical (unpaired) electrons. The Balaban J connectivity index is 1.88.